The summed E-state index contributed by atoms with van der Waals surface area (Å²) in [5, 5.41) is 4.99. The van der Waals surface area contributed by atoms with E-state index in [1.54, 1.807) is 0 Å². The van der Waals surface area contributed by atoms with Gasteiger partial charge in [-0.15, -0.1) is 0 Å². The van der Waals surface area contributed by atoms with Crippen molar-refractivity contribution in [3.05, 3.63) is 287 Å². The van der Waals surface area contributed by atoms with Crippen LogP contribution >= 0.6 is 0 Å². The summed E-state index contributed by atoms with van der Waals surface area (Å²) in [6, 6.07) is 91.9. The number of rotatable bonds is 3. The number of nitrogens with zero attached hydrogens (tertiary/aromatic N) is 2. The van der Waals surface area contributed by atoms with Crippen molar-refractivity contribution in [2.24, 2.45) is 0 Å². The van der Waals surface area contributed by atoms with Crippen LogP contribution in [0.3, 0.4) is 0 Å². The van der Waals surface area contributed by atoms with Gasteiger partial charge in [-0.3, -0.25) is 0 Å². The Morgan fingerprint density at radius 3 is 1.34 bits per heavy atom. The summed E-state index contributed by atoms with van der Waals surface area (Å²) < 4.78 is 2.53. The molecule has 2 heteroatoms. The lowest BCUT2D eigenvalue weighted by Gasteiger charge is -2.40. The second-order valence-corrected chi connectivity index (χ2v) is 19.0. The zero-order chi connectivity index (χ0) is 44.3. The number of aromatic nitrogens is 1. The van der Waals surface area contributed by atoms with Crippen LogP contribution in [0.5, 0.6) is 0 Å². The van der Waals surface area contributed by atoms with Crippen molar-refractivity contribution in [2.45, 2.75) is 10.8 Å². The minimum absolute atomic E-state index is 0.466. The molecule has 0 saturated carbocycles. The van der Waals surface area contributed by atoms with Crippen molar-refractivity contribution in [2.75, 3.05) is 4.90 Å². The van der Waals surface area contributed by atoms with E-state index in [9.17, 15) is 0 Å². The molecule has 0 bridgehead atoms. The SMILES string of the molecule is c1ccc2c(c1)-c1ccccc1C21c2ccccc2-c2ccc(N(c3ccc4c(c3)C3(c5ccccc5-4)c4ccccc4-n4c5ccccc5c5cccc3c54)c3cccc4ccccc34)cc21. The van der Waals surface area contributed by atoms with E-state index in [-0.39, 0.29) is 0 Å². The summed E-state index contributed by atoms with van der Waals surface area (Å²) in [4.78, 5) is 2.55. The third-order valence-electron chi connectivity index (χ3n) is 16.2. The maximum Gasteiger partial charge on any atom is 0.0755 e. The molecule has 1 atom stereocenters. The molecule has 0 saturated heterocycles. The number of anilines is 3. The van der Waals surface area contributed by atoms with E-state index in [0.717, 1.165) is 17.1 Å². The zero-order valence-electron chi connectivity index (χ0n) is 37.0. The van der Waals surface area contributed by atoms with E-state index in [1.807, 2.05) is 0 Å². The van der Waals surface area contributed by atoms with E-state index in [1.165, 1.54) is 116 Å². The normalized spacial score (nSPS) is 15.8. The molecule has 0 radical (unpaired) electrons. The smallest absolute Gasteiger partial charge is 0.0755 e. The van der Waals surface area contributed by atoms with Gasteiger partial charge in [0.15, 0.2) is 0 Å². The summed E-state index contributed by atoms with van der Waals surface area (Å²) in [6.45, 7) is 0. The van der Waals surface area contributed by atoms with Crippen LogP contribution in [0.2, 0.25) is 0 Å². The van der Waals surface area contributed by atoms with Gasteiger partial charge in [-0.1, -0.05) is 200 Å². The lowest BCUT2D eigenvalue weighted by atomic mass is 9.65. The average Bonchev–Trinajstić information content (AvgIpc) is 4.10. The van der Waals surface area contributed by atoms with Crippen LogP contribution in [-0.2, 0) is 10.8 Å². The third kappa shape index (κ3) is 4.26. The molecule has 0 fully saturated rings. The van der Waals surface area contributed by atoms with Gasteiger partial charge in [0.1, 0.15) is 0 Å². The second kappa shape index (κ2) is 13.0. The molecule has 4 aliphatic rings. The largest absolute Gasteiger partial charge is 0.310 e. The van der Waals surface area contributed by atoms with Crippen LogP contribution in [0.25, 0.3) is 71.6 Å². The van der Waals surface area contributed by atoms with E-state index in [0.29, 0.717) is 0 Å². The molecule has 16 rings (SSSR count). The fourth-order valence-electron chi connectivity index (χ4n) is 13.7. The van der Waals surface area contributed by atoms with Gasteiger partial charge < -0.3 is 9.47 Å². The van der Waals surface area contributed by atoms with Gasteiger partial charge in [-0.2, -0.15) is 0 Å². The molecule has 0 amide bonds. The minimum Gasteiger partial charge on any atom is -0.310 e. The van der Waals surface area contributed by atoms with Gasteiger partial charge in [0, 0.05) is 27.5 Å². The van der Waals surface area contributed by atoms with Crippen molar-refractivity contribution < 1.29 is 0 Å². The van der Waals surface area contributed by atoms with Gasteiger partial charge >= 0.3 is 0 Å². The molecular weight excluding hydrogens is 821 g/mol. The number of benzene rings is 11. The summed E-state index contributed by atoms with van der Waals surface area (Å²) >= 11 is 0. The number of fused-ring (bicyclic) bond motifs is 23. The first-order valence-electron chi connectivity index (χ1n) is 23.8. The minimum atomic E-state index is -0.576. The van der Waals surface area contributed by atoms with Crippen molar-refractivity contribution in [1.82, 2.24) is 4.57 Å². The molecule has 2 spiro atoms. The Bertz CT molecular complexity index is 4120. The molecular formula is C66H40N2. The molecule has 3 aliphatic carbocycles. The lowest BCUT2D eigenvalue weighted by molar-refractivity contribution is 0.748. The Kier molecular flexibility index (Phi) is 6.98. The van der Waals surface area contributed by atoms with E-state index < -0.39 is 10.8 Å². The first-order chi connectivity index (χ1) is 33.8. The molecule has 2 heterocycles. The topological polar surface area (TPSA) is 8.17 Å². The lowest BCUT2D eigenvalue weighted by Crippen LogP contribution is -2.33. The van der Waals surface area contributed by atoms with Gasteiger partial charge in [0.25, 0.3) is 0 Å². The Morgan fingerprint density at radius 1 is 0.294 bits per heavy atom. The van der Waals surface area contributed by atoms with Crippen molar-refractivity contribution in [3.63, 3.8) is 0 Å². The summed E-state index contributed by atoms with van der Waals surface area (Å²) in [6.07, 6.45) is 0. The Labute approximate surface area is 394 Å². The van der Waals surface area contributed by atoms with Gasteiger partial charge in [0.05, 0.1) is 33.2 Å². The summed E-state index contributed by atoms with van der Waals surface area (Å²) in [5.74, 6) is 0. The van der Waals surface area contributed by atoms with Gasteiger partial charge in [-0.25, -0.2) is 0 Å². The maximum atomic E-state index is 2.55. The molecule has 2 nitrogen and oxygen atoms in total. The maximum absolute atomic E-state index is 2.55. The van der Waals surface area contributed by atoms with Crippen LogP contribution in [0, 0.1) is 0 Å². The van der Waals surface area contributed by atoms with Crippen LogP contribution < -0.4 is 4.90 Å². The molecule has 1 aliphatic heterocycles. The van der Waals surface area contributed by atoms with Crippen molar-refractivity contribution in [3.8, 4) is 39.1 Å². The Balaban J connectivity index is 1.00. The fourth-order valence-corrected chi connectivity index (χ4v) is 13.7. The van der Waals surface area contributed by atoms with Crippen molar-refractivity contribution >= 4 is 49.6 Å². The van der Waals surface area contributed by atoms with Crippen LogP contribution in [-0.4, -0.2) is 4.57 Å². The highest BCUT2D eigenvalue weighted by Gasteiger charge is 2.53. The third-order valence-corrected chi connectivity index (χ3v) is 16.2. The second-order valence-electron chi connectivity index (χ2n) is 19.0. The summed E-state index contributed by atoms with van der Waals surface area (Å²) in [5.41, 5.74) is 24.5. The number of hydrogen-bond acceptors (Lipinski definition) is 1. The quantitative estimate of drug-likeness (QED) is 0.172. The van der Waals surface area contributed by atoms with E-state index in [4.69, 9.17) is 0 Å². The Hall–Kier alpha value is -8.72. The molecule has 1 aromatic heterocycles. The molecule has 1 unspecified atom stereocenters. The molecule has 314 valence electrons. The fraction of sp³-hybridized carbons (Fsp3) is 0.0303. The summed E-state index contributed by atoms with van der Waals surface area (Å²) in [7, 11) is 0. The Morgan fingerprint density at radius 2 is 0.721 bits per heavy atom. The van der Waals surface area contributed by atoms with Crippen LogP contribution in [0.15, 0.2) is 243 Å². The van der Waals surface area contributed by atoms with E-state index in [2.05, 4.69) is 252 Å². The highest BCUT2D eigenvalue weighted by atomic mass is 15.1. The monoisotopic (exact) mass is 860 g/mol. The average molecular weight is 861 g/mol. The van der Waals surface area contributed by atoms with Gasteiger partial charge in [0.2, 0.25) is 0 Å². The highest BCUT2D eigenvalue weighted by molar-refractivity contribution is 6.13. The molecule has 12 aromatic rings. The zero-order valence-corrected chi connectivity index (χ0v) is 37.0. The first kappa shape index (κ1) is 36.5. The number of para-hydroxylation sites is 3. The van der Waals surface area contributed by atoms with Crippen LogP contribution in [0.1, 0.15) is 44.5 Å². The standard InChI is InChI=1S/C66H40N2/c1-2-19-44-41(17-1)18-15-34-61(44)67(42-35-37-49-47-22-5-10-28-55(47)65(59(49)39-42)53-26-8-3-20-45(53)46-21-4-9-27-54(46)65)43-36-38-50-48-23-6-11-29-56(48)66(60(50)40-43)57-30-12-14-33-63(57)68-62-32-13-7-24-51(62)52-25-16-31-58(66)64(52)68/h1-40H. The van der Waals surface area contributed by atoms with E-state index >= 15 is 0 Å². The van der Waals surface area contributed by atoms with Crippen molar-refractivity contribution in [1.29, 1.82) is 0 Å². The molecule has 0 N–H and O–H groups in total. The molecule has 11 aromatic carbocycles. The van der Waals surface area contributed by atoms with Crippen LogP contribution in [0.4, 0.5) is 17.1 Å². The molecule has 68 heavy (non-hydrogen) atoms. The first-order valence-corrected chi connectivity index (χ1v) is 23.8. The predicted octanol–water partition coefficient (Wildman–Crippen LogP) is 16.4. The number of hydrogen-bond donors (Lipinski definition) is 0. The van der Waals surface area contributed by atoms with Gasteiger partial charge in [-0.05, 0) is 126 Å². The predicted molar refractivity (Wildman–Crippen MR) is 280 cm³/mol. The highest BCUT2D eigenvalue weighted by Crippen LogP contribution is 2.65.